The number of aliphatic carboxylic acids is 1. The quantitative estimate of drug-likeness (QED) is 0.838. The predicted molar refractivity (Wildman–Crippen MR) is 66.1 cm³/mol. The molecule has 5 nitrogen and oxygen atoms in total. The van der Waals surface area contributed by atoms with Crippen LogP contribution in [0.2, 0.25) is 0 Å². The third-order valence-electron chi connectivity index (χ3n) is 2.77. The highest BCUT2D eigenvalue weighted by molar-refractivity contribution is 6.07. The first-order valence-corrected chi connectivity index (χ1v) is 5.42. The molecule has 0 saturated carbocycles. The van der Waals surface area contributed by atoms with E-state index in [9.17, 15) is 9.59 Å². The molecule has 0 radical (unpaired) electrons. The molecule has 1 aromatic carbocycles. The van der Waals surface area contributed by atoms with Crippen LogP contribution >= 0.6 is 0 Å². The highest BCUT2D eigenvalue weighted by Crippen LogP contribution is 2.26. The Balaban J connectivity index is 2.67. The zero-order chi connectivity index (χ0) is 13.3. The molecule has 0 amide bonds. The first-order chi connectivity index (χ1) is 8.52. The van der Waals surface area contributed by atoms with Gasteiger partial charge in [-0.1, -0.05) is 0 Å². The molecule has 0 aliphatic rings. The van der Waals surface area contributed by atoms with Crippen molar-refractivity contribution in [3.63, 3.8) is 0 Å². The summed E-state index contributed by atoms with van der Waals surface area (Å²) >= 11 is 0. The summed E-state index contributed by atoms with van der Waals surface area (Å²) in [6, 6.07) is 5.23. The summed E-state index contributed by atoms with van der Waals surface area (Å²) in [6.45, 7) is 1.29. The van der Waals surface area contributed by atoms with E-state index in [2.05, 4.69) is 0 Å². The van der Waals surface area contributed by atoms with E-state index in [4.69, 9.17) is 9.84 Å². The van der Waals surface area contributed by atoms with E-state index in [0.717, 1.165) is 0 Å². The Labute approximate surface area is 104 Å². The molecule has 0 aliphatic carbocycles. The third kappa shape index (κ3) is 2.07. The molecule has 94 valence electrons. The first-order valence-electron chi connectivity index (χ1n) is 5.42. The van der Waals surface area contributed by atoms with E-state index < -0.39 is 5.97 Å². The molecule has 0 unspecified atom stereocenters. The van der Waals surface area contributed by atoms with Gasteiger partial charge in [-0.2, -0.15) is 0 Å². The maximum absolute atomic E-state index is 11.6. The monoisotopic (exact) mass is 247 g/mol. The normalized spacial score (nSPS) is 10.6. The van der Waals surface area contributed by atoms with E-state index in [1.54, 1.807) is 36.1 Å². The maximum atomic E-state index is 11.6. The summed E-state index contributed by atoms with van der Waals surface area (Å²) in [5.74, 6) is -0.409. The largest absolute Gasteiger partial charge is 0.497 e. The summed E-state index contributed by atoms with van der Waals surface area (Å²) in [6.07, 6.45) is 1.57. The molecule has 0 spiro atoms. The predicted octanol–water partition coefficient (Wildman–Crippen LogP) is 1.94. The van der Waals surface area contributed by atoms with E-state index in [1.807, 2.05) is 0 Å². The number of aromatic nitrogens is 1. The van der Waals surface area contributed by atoms with Crippen molar-refractivity contribution in [1.29, 1.82) is 0 Å². The van der Waals surface area contributed by atoms with Crippen LogP contribution in [0, 0.1) is 0 Å². The van der Waals surface area contributed by atoms with Gasteiger partial charge in [-0.25, -0.2) is 0 Å². The minimum atomic E-state index is -0.946. The van der Waals surface area contributed by atoms with Crippen molar-refractivity contribution >= 4 is 22.7 Å². The fourth-order valence-corrected chi connectivity index (χ4v) is 1.96. The molecule has 0 bridgehead atoms. The second-order valence-electron chi connectivity index (χ2n) is 4.00. The van der Waals surface area contributed by atoms with E-state index in [1.165, 1.54) is 6.92 Å². The molecule has 2 aromatic rings. The Morgan fingerprint density at radius 1 is 1.39 bits per heavy atom. The molecular weight excluding hydrogens is 234 g/mol. The second kappa shape index (κ2) is 4.52. The Morgan fingerprint density at radius 3 is 2.67 bits per heavy atom. The lowest BCUT2D eigenvalue weighted by Crippen LogP contribution is -2.07. The van der Waals surface area contributed by atoms with Crippen LogP contribution in [0.25, 0.3) is 10.9 Å². The zero-order valence-electron chi connectivity index (χ0n) is 10.1. The number of fused-ring (bicyclic) bond motifs is 1. The van der Waals surface area contributed by atoms with Gasteiger partial charge in [-0.3, -0.25) is 9.59 Å². The second-order valence-corrected chi connectivity index (χ2v) is 4.00. The van der Waals surface area contributed by atoms with Crippen LogP contribution < -0.4 is 4.74 Å². The van der Waals surface area contributed by atoms with Gasteiger partial charge in [0, 0.05) is 22.7 Å². The topological polar surface area (TPSA) is 68.5 Å². The molecule has 1 heterocycles. The van der Waals surface area contributed by atoms with Gasteiger partial charge < -0.3 is 14.4 Å². The Bertz CT molecular complexity index is 627. The van der Waals surface area contributed by atoms with E-state index in [-0.39, 0.29) is 12.3 Å². The highest BCUT2D eigenvalue weighted by Gasteiger charge is 2.14. The Morgan fingerprint density at radius 2 is 2.11 bits per heavy atom. The van der Waals surface area contributed by atoms with Gasteiger partial charge in [0.25, 0.3) is 0 Å². The SMILES string of the molecule is COc1ccc2c(c1)c(C(C)=O)cn2CC(=O)O. The van der Waals surface area contributed by atoms with Crippen molar-refractivity contribution in [1.82, 2.24) is 4.57 Å². The number of carbonyl (C=O) groups is 2. The number of carboxylic acids is 1. The van der Waals surface area contributed by atoms with Gasteiger partial charge in [0.2, 0.25) is 0 Å². The number of Topliss-reactive ketones (excluding diaryl/α,β-unsaturated/α-hetero) is 1. The standard InChI is InChI=1S/C13H13NO4/c1-8(15)11-6-14(7-13(16)17)12-4-3-9(18-2)5-10(11)12/h3-6H,7H2,1-2H3,(H,16,17). The van der Waals surface area contributed by atoms with Crippen LogP contribution in [0.5, 0.6) is 5.75 Å². The molecule has 5 heteroatoms. The van der Waals surface area contributed by atoms with Crippen molar-refractivity contribution in [2.75, 3.05) is 7.11 Å². The van der Waals surface area contributed by atoms with Gasteiger partial charge in [0.05, 0.1) is 7.11 Å². The number of benzene rings is 1. The molecule has 1 N–H and O–H groups in total. The highest BCUT2D eigenvalue weighted by atomic mass is 16.5. The number of hydrogen-bond donors (Lipinski definition) is 1. The lowest BCUT2D eigenvalue weighted by molar-refractivity contribution is -0.137. The number of ether oxygens (including phenoxy) is 1. The summed E-state index contributed by atoms with van der Waals surface area (Å²) in [5.41, 5.74) is 1.22. The smallest absolute Gasteiger partial charge is 0.323 e. The van der Waals surface area contributed by atoms with Crippen molar-refractivity contribution in [2.45, 2.75) is 13.5 Å². The van der Waals surface area contributed by atoms with Crippen LogP contribution in [0.1, 0.15) is 17.3 Å². The third-order valence-corrected chi connectivity index (χ3v) is 2.77. The number of rotatable bonds is 4. The minimum Gasteiger partial charge on any atom is -0.497 e. The molecule has 1 aromatic heterocycles. The number of methoxy groups -OCH3 is 1. The van der Waals surface area contributed by atoms with Gasteiger partial charge in [-0.05, 0) is 25.1 Å². The van der Waals surface area contributed by atoms with Crippen LogP contribution in [0.15, 0.2) is 24.4 Å². The molecule has 0 saturated heterocycles. The van der Waals surface area contributed by atoms with Crippen molar-refractivity contribution in [2.24, 2.45) is 0 Å². The fraction of sp³-hybridized carbons (Fsp3) is 0.231. The molecule has 0 aliphatic heterocycles. The summed E-state index contributed by atoms with van der Waals surface area (Å²) in [7, 11) is 1.54. The summed E-state index contributed by atoms with van der Waals surface area (Å²) < 4.78 is 6.66. The van der Waals surface area contributed by atoms with Gasteiger partial charge in [0.1, 0.15) is 12.3 Å². The summed E-state index contributed by atoms with van der Waals surface area (Å²) in [4.78, 5) is 22.3. The molecule has 0 fully saturated rings. The van der Waals surface area contributed by atoms with Crippen molar-refractivity contribution < 1.29 is 19.4 Å². The van der Waals surface area contributed by atoms with Crippen LogP contribution in [-0.4, -0.2) is 28.5 Å². The average molecular weight is 247 g/mol. The van der Waals surface area contributed by atoms with Crippen molar-refractivity contribution in [3.8, 4) is 5.75 Å². The lowest BCUT2D eigenvalue weighted by Gasteiger charge is -2.02. The number of ketones is 1. The molecular formula is C13H13NO4. The van der Waals surface area contributed by atoms with Gasteiger partial charge in [-0.15, -0.1) is 0 Å². The molecule has 2 rings (SSSR count). The maximum Gasteiger partial charge on any atom is 0.323 e. The Kier molecular flexibility index (Phi) is 3.06. The van der Waals surface area contributed by atoms with Crippen LogP contribution in [0.4, 0.5) is 0 Å². The number of hydrogen-bond acceptors (Lipinski definition) is 3. The minimum absolute atomic E-state index is 0.0996. The van der Waals surface area contributed by atoms with Crippen molar-refractivity contribution in [3.05, 3.63) is 30.0 Å². The number of carboxylic acid groups (broad SMARTS) is 1. The van der Waals surface area contributed by atoms with Gasteiger partial charge in [0.15, 0.2) is 5.78 Å². The van der Waals surface area contributed by atoms with E-state index in [0.29, 0.717) is 22.2 Å². The zero-order valence-corrected chi connectivity index (χ0v) is 10.1. The molecule has 0 atom stereocenters. The average Bonchev–Trinajstić information content (AvgIpc) is 2.66. The first kappa shape index (κ1) is 12.2. The Hall–Kier alpha value is -2.30. The lowest BCUT2D eigenvalue weighted by atomic mass is 10.1. The molecule has 18 heavy (non-hydrogen) atoms. The van der Waals surface area contributed by atoms with Crippen LogP contribution in [0.3, 0.4) is 0 Å². The van der Waals surface area contributed by atoms with Crippen LogP contribution in [-0.2, 0) is 11.3 Å². The van der Waals surface area contributed by atoms with E-state index >= 15 is 0 Å². The fourth-order valence-electron chi connectivity index (χ4n) is 1.96. The van der Waals surface area contributed by atoms with Gasteiger partial charge >= 0.3 is 5.97 Å². The number of carbonyl (C=O) groups excluding carboxylic acids is 1. The number of nitrogens with zero attached hydrogens (tertiary/aromatic N) is 1. The summed E-state index contributed by atoms with van der Waals surface area (Å²) in [5, 5.41) is 9.56.